The SMILES string of the molecule is Oc1ccc2c3c1CCCN3CC[CH]2. The van der Waals surface area contributed by atoms with Gasteiger partial charge < -0.3 is 10.0 Å². The van der Waals surface area contributed by atoms with Gasteiger partial charge in [-0.2, -0.15) is 0 Å². The lowest BCUT2D eigenvalue weighted by molar-refractivity contribution is 0.463. The average Bonchev–Trinajstić information content (AvgIpc) is 2.24. The predicted octanol–water partition coefficient (Wildman–Crippen LogP) is 2.10. The lowest BCUT2D eigenvalue weighted by Gasteiger charge is -2.36. The zero-order valence-electron chi connectivity index (χ0n) is 8.16. The van der Waals surface area contributed by atoms with Gasteiger partial charge in [0.2, 0.25) is 0 Å². The molecule has 2 aliphatic heterocycles. The second-order valence-electron chi connectivity index (χ2n) is 4.08. The van der Waals surface area contributed by atoms with Gasteiger partial charge in [-0.05, 0) is 37.3 Å². The molecule has 0 fully saturated rings. The van der Waals surface area contributed by atoms with Gasteiger partial charge in [0.25, 0.3) is 0 Å². The second-order valence-corrected chi connectivity index (χ2v) is 4.08. The van der Waals surface area contributed by atoms with Gasteiger partial charge in [0.05, 0.1) is 0 Å². The standard InChI is InChI=1S/C12H14NO/c14-11-6-5-9-3-1-7-13-8-2-4-10(11)12(9)13/h3,5-6,14H,1-2,4,7-8H2. The van der Waals surface area contributed by atoms with Crippen molar-refractivity contribution in [1.29, 1.82) is 0 Å². The first-order chi connectivity index (χ1) is 6.86. The first kappa shape index (κ1) is 8.16. The molecule has 2 heteroatoms. The molecule has 3 rings (SSSR count). The molecule has 2 aliphatic rings. The zero-order valence-corrected chi connectivity index (χ0v) is 8.16. The molecule has 1 aromatic carbocycles. The summed E-state index contributed by atoms with van der Waals surface area (Å²) in [5, 5.41) is 9.78. The van der Waals surface area contributed by atoms with E-state index in [1.54, 1.807) is 0 Å². The number of nitrogens with zero attached hydrogens (tertiary/aromatic N) is 1. The average molecular weight is 188 g/mol. The molecule has 1 N–H and O–H groups in total. The largest absolute Gasteiger partial charge is 0.508 e. The molecule has 14 heavy (non-hydrogen) atoms. The van der Waals surface area contributed by atoms with Crippen LogP contribution in [0.2, 0.25) is 0 Å². The quantitative estimate of drug-likeness (QED) is 0.674. The Balaban J connectivity index is 2.22. The fourth-order valence-corrected chi connectivity index (χ4v) is 2.59. The number of anilines is 1. The molecule has 73 valence electrons. The molecule has 2 nitrogen and oxygen atoms in total. The molecule has 0 aliphatic carbocycles. The van der Waals surface area contributed by atoms with Gasteiger partial charge >= 0.3 is 0 Å². The van der Waals surface area contributed by atoms with Crippen LogP contribution in [-0.4, -0.2) is 18.2 Å². The molecule has 0 spiro atoms. The van der Waals surface area contributed by atoms with Crippen LogP contribution in [0.15, 0.2) is 12.1 Å². The van der Waals surface area contributed by atoms with E-state index in [0.717, 1.165) is 31.5 Å². The molecule has 0 unspecified atom stereocenters. The first-order valence-corrected chi connectivity index (χ1v) is 5.29. The van der Waals surface area contributed by atoms with Gasteiger partial charge in [-0.1, -0.05) is 6.07 Å². The third-order valence-electron chi connectivity index (χ3n) is 3.22. The Labute approximate surface area is 84.2 Å². The highest BCUT2D eigenvalue weighted by atomic mass is 16.3. The van der Waals surface area contributed by atoms with Gasteiger partial charge in [0.15, 0.2) is 0 Å². The third-order valence-corrected chi connectivity index (χ3v) is 3.22. The molecular formula is C12H14NO. The Kier molecular flexibility index (Phi) is 1.69. The summed E-state index contributed by atoms with van der Waals surface area (Å²) in [6.07, 6.45) is 5.61. The second kappa shape index (κ2) is 2.91. The number of hydrogen-bond acceptors (Lipinski definition) is 2. The van der Waals surface area contributed by atoms with Crippen molar-refractivity contribution in [3.8, 4) is 5.75 Å². The molecule has 1 radical (unpaired) electrons. The van der Waals surface area contributed by atoms with Gasteiger partial charge in [0.1, 0.15) is 5.75 Å². The third kappa shape index (κ3) is 1.03. The van der Waals surface area contributed by atoms with E-state index in [2.05, 4.69) is 11.3 Å². The van der Waals surface area contributed by atoms with E-state index in [9.17, 15) is 5.11 Å². The molecule has 0 aromatic heterocycles. The number of aromatic hydroxyl groups is 1. The molecule has 0 atom stereocenters. The lowest BCUT2D eigenvalue weighted by atomic mass is 9.91. The fourth-order valence-electron chi connectivity index (χ4n) is 2.59. The van der Waals surface area contributed by atoms with Crippen LogP contribution < -0.4 is 4.90 Å². The van der Waals surface area contributed by atoms with E-state index >= 15 is 0 Å². The van der Waals surface area contributed by atoms with Crippen LogP contribution in [0.25, 0.3) is 0 Å². The summed E-state index contributed by atoms with van der Waals surface area (Å²) in [7, 11) is 0. The summed E-state index contributed by atoms with van der Waals surface area (Å²) in [4.78, 5) is 2.41. The van der Waals surface area contributed by atoms with Gasteiger partial charge in [-0.25, -0.2) is 0 Å². The van der Waals surface area contributed by atoms with Crippen molar-refractivity contribution in [3.63, 3.8) is 0 Å². The van der Waals surface area contributed by atoms with Crippen LogP contribution in [0.5, 0.6) is 5.75 Å². The minimum atomic E-state index is 0.476. The van der Waals surface area contributed by atoms with Crippen LogP contribution >= 0.6 is 0 Å². The van der Waals surface area contributed by atoms with Crippen LogP contribution in [0.1, 0.15) is 24.0 Å². The van der Waals surface area contributed by atoms with Crippen molar-refractivity contribution in [2.45, 2.75) is 19.3 Å². The maximum atomic E-state index is 9.78. The summed E-state index contributed by atoms with van der Waals surface area (Å²) < 4.78 is 0. The Morgan fingerprint density at radius 2 is 2.14 bits per heavy atom. The number of phenols is 1. The van der Waals surface area contributed by atoms with E-state index in [4.69, 9.17) is 0 Å². The maximum absolute atomic E-state index is 9.78. The highest BCUT2D eigenvalue weighted by Crippen LogP contribution is 2.39. The van der Waals surface area contributed by atoms with Crippen molar-refractivity contribution in [1.82, 2.24) is 0 Å². The Morgan fingerprint density at radius 3 is 3.07 bits per heavy atom. The van der Waals surface area contributed by atoms with Crippen LogP contribution in [0, 0.1) is 6.42 Å². The Bertz CT molecular complexity index is 371. The first-order valence-electron chi connectivity index (χ1n) is 5.29. The molecule has 0 saturated carbocycles. The van der Waals surface area contributed by atoms with Crippen molar-refractivity contribution >= 4 is 5.69 Å². The zero-order chi connectivity index (χ0) is 9.54. The topological polar surface area (TPSA) is 23.5 Å². The normalized spacial score (nSPS) is 19.3. The molecule has 1 aromatic rings. The monoisotopic (exact) mass is 188 g/mol. The summed E-state index contributed by atoms with van der Waals surface area (Å²) >= 11 is 0. The van der Waals surface area contributed by atoms with E-state index in [1.807, 2.05) is 12.1 Å². The highest BCUT2D eigenvalue weighted by molar-refractivity contribution is 5.68. The lowest BCUT2D eigenvalue weighted by Crippen LogP contribution is -2.33. The van der Waals surface area contributed by atoms with E-state index in [0.29, 0.717) is 5.75 Å². The number of benzene rings is 1. The van der Waals surface area contributed by atoms with Crippen LogP contribution in [0.4, 0.5) is 5.69 Å². The van der Waals surface area contributed by atoms with E-state index in [1.165, 1.54) is 17.7 Å². The summed E-state index contributed by atoms with van der Waals surface area (Å²) in [6, 6.07) is 3.87. The van der Waals surface area contributed by atoms with E-state index in [-0.39, 0.29) is 0 Å². The van der Waals surface area contributed by atoms with Crippen molar-refractivity contribution in [2.24, 2.45) is 0 Å². The number of rotatable bonds is 0. The van der Waals surface area contributed by atoms with Crippen molar-refractivity contribution in [2.75, 3.05) is 18.0 Å². The highest BCUT2D eigenvalue weighted by Gasteiger charge is 2.25. The van der Waals surface area contributed by atoms with Gasteiger partial charge in [0, 0.05) is 24.3 Å². The molecule has 2 heterocycles. The maximum Gasteiger partial charge on any atom is 0.120 e. The van der Waals surface area contributed by atoms with Gasteiger partial charge in [-0.3, -0.25) is 0 Å². The Morgan fingerprint density at radius 1 is 1.21 bits per heavy atom. The molecule has 0 saturated heterocycles. The Hall–Kier alpha value is -1.18. The number of phenolic OH excluding ortho intramolecular Hbond substituents is 1. The molecule has 0 amide bonds. The molecule has 0 bridgehead atoms. The summed E-state index contributed by atoms with van der Waals surface area (Å²) in [5.74, 6) is 0.476. The van der Waals surface area contributed by atoms with Crippen molar-refractivity contribution in [3.05, 3.63) is 29.7 Å². The minimum Gasteiger partial charge on any atom is -0.508 e. The van der Waals surface area contributed by atoms with E-state index < -0.39 is 0 Å². The predicted molar refractivity (Wildman–Crippen MR) is 56.7 cm³/mol. The van der Waals surface area contributed by atoms with Crippen LogP contribution in [0.3, 0.4) is 0 Å². The smallest absolute Gasteiger partial charge is 0.120 e. The van der Waals surface area contributed by atoms with Gasteiger partial charge in [-0.15, -0.1) is 0 Å². The molecular weight excluding hydrogens is 174 g/mol. The van der Waals surface area contributed by atoms with Crippen molar-refractivity contribution < 1.29 is 5.11 Å². The van der Waals surface area contributed by atoms with Crippen LogP contribution in [-0.2, 0) is 6.42 Å². The minimum absolute atomic E-state index is 0.476. The summed E-state index contributed by atoms with van der Waals surface area (Å²) in [6.45, 7) is 2.26. The summed E-state index contributed by atoms with van der Waals surface area (Å²) in [5.41, 5.74) is 3.76. The fraction of sp³-hybridized carbons (Fsp3) is 0.417. The number of hydrogen-bond donors (Lipinski definition) is 1.